The van der Waals surface area contributed by atoms with E-state index in [0.717, 1.165) is 42.2 Å². The number of hydrogen-bond acceptors (Lipinski definition) is 4. The molecule has 2 aliphatic carbocycles. The number of rotatable bonds is 10. The number of hydrogen-bond donors (Lipinski definition) is 0. The summed E-state index contributed by atoms with van der Waals surface area (Å²) in [6.45, 7) is 1.43. The van der Waals surface area contributed by atoms with Crippen LogP contribution in [0.3, 0.4) is 0 Å². The number of amides is 1. The molecule has 4 rings (SSSR count). The summed E-state index contributed by atoms with van der Waals surface area (Å²) < 4.78 is 16.5. The number of nitrogens with zero attached hydrogens (tertiary/aromatic N) is 1. The first-order valence-corrected chi connectivity index (χ1v) is 11.1. The molecule has 2 aliphatic rings. The molecule has 0 bridgehead atoms. The van der Waals surface area contributed by atoms with E-state index >= 15 is 0 Å². The van der Waals surface area contributed by atoms with Crippen LogP contribution >= 0.6 is 0 Å². The third-order valence-electron chi connectivity index (χ3n) is 6.08. The maximum absolute atomic E-state index is 12.9. The van der Waals surface area contributed by atoms with E-state index in [1.807, 2.05) is 41.3 Å². The Balaban J connectivity index is 1.37. The summed E-state index contributed by atoms with van der Waals surface area (Å²) in [5.74, 6) is 2.98. The highest BCUT2D eigenvalue weighted by molar-refractivity contribution is 5.92. The van der Waals surface area contributed by atoms with Crippen LogP contribution in [-0.4, -0.2) is 37.7 Å². The molecule has 0 N–H and O–H groups in total. The number of benzene rings is 2. The molecule has 2 saturated carbocycles. The van der Waals surface area contributed by atoms with E-state index in [-0.39, 0.29) is 5.91 Å². The fraction of sp³-hybridized carbons (Fsp3) is 0.423. The number of ether oxygens (including phenoxy) is 3. The molecule has 31 heavy (non-hydrogen) atoms. The number of carbonyl (C=O) groups is 1. The third-order valence-corrected chi connectivity index (χ3v) is 6.08. The fourth-order valence-corrected chi connectivity index (χ4v) is 3.75. The molecule has 0 atom stereocenters. The van der Waals surface area contributed by atoms with Crippen molar-refractivity contribution in [3.8, 4) is 17.2 Å². The minimum Gasteiger partial charge on any atom is -0.493 e. The SMILES string of the molecule is COc1ccc(/C=C/C(=O)N(Cc2ccc(OCC3CCC3)cc2)C2CC2)cc1OC. The van der Waals surface area contributed by atoms with Gasteiger partial charge in [0.1, 0.15) is 5.75 Å². The molecule has 2 aromatic carbocycles. The van der Waals surface area contributed by atoms with Crippen LogP contribution in [0.4, 0.5) is 0 Å². The highest BCUT2D eigenvalue weighted by Gasteiger charge is 2.31. The minimum absolute atomic E-state index is 0.0302. The molecule has 0 unspecified atom stereocenters. The van der Waals surface area contributed by atoms with Gasteiger partial charge in [0.15, 0.2) is 11.5 Å². The average Bonchev–Trinajstić information content (AvgIpc) is 3.60. The molecule has 0 radical (unpaired) electrons. The molecule has 0 aliphatic heterocycles. The van der Waals surface area contributed by atoms with E-state index in [9.17, 15) is 4.79 Å². The molecule has 164 valence electrons. The van der Waals surface area contributed by atoms with E-state index in [1.165, 1.54) is 19.3 Å². The summed E-state index contributed by atoms with van der Waals surface area (Å²) in [6.07, 6.45) is 9.52. The van der Waals surface area contributed by atoms with Crippen LogP contribution in [0.25, 0.3) is 6.08 Å². The van der Waals surface area contributed by atoms with Gasteiger partial charge in [0.2, 0.25) is 5.91 Å². The summed E-state index contributed by atoms with van der Waals surface area (Å²) >= 11 is 0. The Labute approximate surface area is 184 Å². The van der Waals surface area contributed by atoms with Gasteiger partial charge in [-0.1, -0.05) is 24.6 Å². The molecular weight excluding hydrogens is 390 g/mol. The van der Waals surface area contributed by atoms with Crippen LogP contribution in [-0.2, 0) is 11.3 Å². The van der Waals surface area contributed by atoms with Crippen molar-refractivity contribution >= 4 is 12.0 Å². The van der Waals surface area contributed by atoms with Crippen LogP contribution in [0.1, 0.15) is 43.2 Å². The molecular formula is C26H31NO4. The molecule has 2 fully saturated rings. The lowest BCUT2D eigenvalue weighted by atomic mass is 9.86. The summed E-state index contributed by atoms with van der Waals surface area (Å²) in [7, 11) is 3.21. The summed E-state index contributed by atoms with van der Waals surface area (Å²) in [6, 6.07) is 14.1. The highest BCUT2D eigenvalue weighted by atomic mass is 16.5. The third kappa shape index (κ3) is 5.60. The van der Waals surface area contributed by atoms with Gasteiger partial charge in [-0.15, -0.1) is 0 Å². The van der Waals surface area contributed by atoms with Crippen molar-refractivity contribution in [2.45, 2.75) is 44.7 Å². The summed E-state index contributed by atoms with van der Waals surface area (Å²) in [5.41, 5.74) is 2.02. The second-order valence-corrected chi connectivity index (χ2v) is 8.40. The molecule has 2 aromatic rings. The molecule has 0 saturated heterocycles. The van der Waals surface area contributed by atoms with Crippen molar-refractivity contribution in [1.82, 2.24) is 4.90 Å². The van der Waals surface area contributed by atoms with Gasteiger partial charge < -0.3 is 19.1 Å². The van der Waals surface area contributed by atoms with Crippen LogP contribution in [0.2, 0.25) is 0 Å². The minimum atomic E-state index is 0.0302. The van der Waals surface area contributed by atoms with Crippen molar-refractivity contribution in [2.24, 2.45) is 5.92 Å². The quantitative estimate of drug-likeness (QED) is 0.502. The number of carbonyl (C=O) groups excluding carboxylic acids is 1. The number of methoxy groups -OCH3 is 2. The maximum atomic E-state index is 12.9. The van der Waals surface area contributed by atoms with Crippen LogP contribution < -0.4 is 14.2 Å². The lowest BCUT2D eigenvalue weighted by molar-refractivity contribution is -0.127. The first-order chi connectivity index (χ1) is 15.2. The predicted octanol–water partition coefficient (Wildman–Crippen LogP) is 5.09. The Kier molecular flexibility index (Phi) is 6.80. The molecule has 5 nitrogen and oxygen atoms in total. The zero-order valence-corrected chi connectivity index (χ0v) is 18.4. The van der Waals surface area contributed by atoms with Gasteiger partial charge in [0, 0.05) is 18.7 Å². The summed E-state index contributed by atoms with van der Waals surface area (Å²) in [5, 5.41) is 0. The first kappa shape index (κ1) is 21.3. The largest absolute Gasteiger partial charge is 0.493 e. The first-order valence-electron chi connectivity index (χ1n) is 11.1. The Morgan fingerprint density at radius 1 is 1.00 bits per heavy atom. The van der Waals surface area contributed by atoms with Crippen molar-refractivity contribution in [3.63, 3.8) is 0 Å². The zero-order valence-electron chi connectivity index (χ0n) is 18.4. The van der Waals surface area contributed by atoms with Crippen molar-refractivity contribution in [1.29, 1.82) is 0 Å². The highest BCUT2D eigenvalue weighted by Crippen LogP contribution is 2.31. The van der Waals surface area contributed by atoms with Crippen LogP contribution in [0, 0.1) is 5.92 Å². The van der Waals surface area contributed by atoms with E-state index in [0.29, 0.717) is 24.1 Å². The van der Waals surface area contributed by atoms with E-state index in [2.05, 4.69) is 12.1 Å². The molecule has 5 heteroatoms. The second-order valence-electron chi connectivity index (χ2n) is 8.40. The van der Waals surface area contributed by atoms with Crippen LogP contribution in [0.5, 0.6) is 17.2 Å². The van der Waals surface area contributed by atoms with Crippen molar-refractivity contribution in [3.05, 3.63) is 59.7 Å². The van der Waals surface area contributed by atoms with Crippen molar-refractivity contribution < 1.29 is 19.0 Å². The van der Waals surface area contributed by atoms with Gasteiger partial charge >= 0.3 is 0 Å². The summed E-state index contributed by atoms with van der Waals surface area (Å²) in [4.78, 5) is 14.9. The average molecular weight is 422 g/mol. The lowest BCUT2D eigenvalue weighted by Crippen LogP contribution is -2.31. The fourth-order valence-electron chi connectivity index (χ4n) is 3.75. The second kappa shape index (κ2) is 9.90. The Bertz CT molecular complexity index is 914. The van der Waals surface area contributed by atoms with E-state index in [1.54, 1.807) is 20.3 Å². The normalized spacial score (nSPS) is 16.1. The molecule has 0 aromatic heterocycles. The van der Waals surface area contributed by atoms with Crippen LogP contribution in [0.15, 0.2) is 48.5 Å². The Morgan fingerprint density at radius 2 is 1.74 bits per heavy atom. The smallest absolute Gasteiger partial charge is 0.247 e. The van der Waals surface area contributed by atoms with Gasteiger partial charge in [-0.25, -0.2) is 0 Å². The van der Waals surface area contributed by atoms with E-state index < -0.39 is 0 Å². The maximum Gasteiger partial charge on any atom is 0.247 e. The van der Waals surface area contributed by atoms with Gasteiger partial charge in [-0.3, -0.25) is 4.79 Å². The standard InChI is InChI=1S/C26H31NO4/c1-29-24-14-8-19(16-25(24)30-2)9-15-26(28)27(22-10-11-22)17-20-6-12-23(13-7-20)31-18-21-4-3-5-21/h6-9,12-16,21-22H,3-5,10-11,17-18H2,1-2H3/b15-9+. The predicted molar refractivity (Wildman–Crippen MR) is 121 cm³/mol. The van der Waals surface area contributed by atoms with Gasteiger partial charge in [-0.05, 0) is 73.1 Å². The molecule has 0 heterocycles. The molecule has 0 spiro atoms. The van der Waals surface area contributed by atoms with E-state index in [4.69, 9.17) is 14.2 Å². The lowest BCUT2D eigenvalue weighted by Gasteiger charge is -2.25. The van der Waals surface area contributed by atoms with Gasteiger partial charge in [-0.2, -0.15) is 0 Å². The molecule has 1 amide bonds. The monoisotopic (exact) mass is 421 g/mol. The Hall–Kier alpha value is -2.95. The van der Waals surface area contributed by atoms with Crippen molar-refractivity contribution in [2.75, 3.05) is 20.8 Å². The topological polar surface area (TPSA) is 48.0 Å². The Morgan fingerprint density at radius 3 is 2.35 bits per heavy atom. The van der Waals surface area contributed by atoms with Gasteiger partial charge in [0.05, 0.1) is 20.8 Å². The zero-order chi connectivity index (χ0) is 21.6. The van der Waals surface area contributed by atoms with Gasteiger partial charge in [0.25, 0.3) is 0 Å².